The van der Waals surface area contributed by atoms with Crippen LogP contribution in [-0.2, 0) is 17.8 Å². The summed E-state index contributed by atoms with van der Waals surface area (Å²) in [6.45, 7) is 3.73. The van der Waals surface area contributed by atoms with E-state index in [1.165, 1.54) is 24.0 Å². The monoisotopic (exact) mass is 338 g/mol. The van der Waals surface area contributed by atoms with Crippen molar-refractivity contribution in [3.63, 3.8) is 0 Å². The maximum absolute atomic E-state index is 10.8. The highest BCUT2D eigenvalue weighted by Crippen LogP contribution is 2.40. The summed E-state index contributed by atoms with van der Waals surface area (Å²) in [6.07, 6.45) is 4.10. The summed E-state index contributed by atoms with van der Waals surface area (Å²) < 4.78 is 5.96. The Morgan fingerprint density at radius 3 is 2.20 bits per heavy atom. The van der Waals surface area contributed by atoms with Gasteiger partial charge in [-0.25, -0.2) is 0 Å². The molecule has 2 aromatic rings. The molecule has 0 spiro atoms. The second-order valence-electron chi connectivity index (χ2n) is 7.49. The first-order valence-corrected chi connectivity index (χ1v) is 9.57. The van der Waals surface area contributed by atoms with Crippen molar-refractivity contribution in [2.75, 3.05) is 6.61 Å². The molecule has 0 amide bonds. The molecular formula is C23H30O2. The van der Waals surface area contributed by atoms with Crippen LogP contribution >= 0.6 is 0 Å². The van der Waals surface area contributed by atoms with E-state index in [9.17, 15) is 5.11 Å². The van der Waals surface area contributed by atoms with Crippen LogP contribution in [0.3, 0.4) is 0 Å². The fraction of sp³-hybridized carbons (Fsp3) is 0.478. The Hall–Kier alpha value is -1.64. The third-order valence-corrected chi connectivity index (χ3v) is 5.63. The SMILES string of the molecule is C[C@@H](COCc1ccccc1)[C@H]1CCC[C@@H]1[C@@H](O)Cc1ccccc1. The molecule has 0 saturated heterocycles. The van der Waals surface area contributed by atoms with Crippen LogP contribution in [0.2, 0.25) is 0 Å². The number of rotatable bonds is 8. The van der Waals surface area contributed by atoms with Gasteiger partial charge >= 0.3 is 0 Å². The maximum atomic E-state index is 10.8. The average Bonchev–Trinajstić information content (AvgIpc) is 3.13. The van der Waals surface area contributed by atoms with Crippen molar-refractivity contribution >= 4 is 0 Å². The Bertz CT molecular complexity index is 611. The van der Waals surface area contributed by atoms with Gasteiger partial charge in [0.2, 0.25) is 0 Å². The van der Waals surface area contributed by atoms with E-state index in [1.54, 1.807) is 0 Å². The molecule has 25 heavy (non-hydrogen) atoms. The van der Waals surface area contributed by atoms with Gasteiger partial charge in [0.05, 0.1) is 12.7 Å². The van der Waals surface area contributed by atoms with E-state index in [1.807, 2.05) is 24.3 Å². The first-order valence-electron chi connectivity index (χ1n) is 9.57. The largest absolute Gasteiger partial charge is 0.392 e. The van der Waals surface area contributed by atoms with Gasteiger partial charge in [-0.05, 0) is 48.1 Å². The summed E-state index contributed by atoms with van der Waals surface area (Å²) in [4.78, 5) is 0. The van der Waals surface area contributed by atoms with Gasteiger partial charge in [-0.1, -0.05) is 74.0 Å². The predicted octanol–water partition coefficient (Wildman–Crippen LogP) is 4.86. The molecule has 3 rings (SSSR count). The lowest BCUT2D eigenvalue weighted by atomic mass is 9.80. The van der Waals surface area contributed by atoms with Crippen molar-refractivity contribution in [3.05, 3.63) is 71.8 Å². The standard InChI is InChI=1S/C23H30O2/c1-18(16-25-17-20-11-6-3-7-12-20)21-13-8-14-22(21)23(24)15-19-9-4-2-5-10-19/h2-7,9-12,18,21-24H,8,13-17H2,1H3/t18-,21+,22-,23-/m0/s1. The Balaban J connectivity index is 1.49. The molecule has 0 bridgehead atoms. The van der Waals surface area contributed by atoms with Crippen molar-refractivity contribution in [1.29, 1.82) is 0 Å². The molecule has 1 N–H and O–H groups in total. The molecule has 0 heterocycles. The number of ether oxygens (including phenoxy) is 1. The second kappa shape index (κ2) is 9.17. The van der Waals surface area contributed by atoms with Gasteiger partial charge in [0, 0.05) is 6.61 Å². The highest BCUT2D eigenvalue weighted by atomic mass is 16.5. The quantitative estimate of drug-likeness (QED) is 0.745. The van der Waals surface area contributed by atoms with Crippen molar-refractivity contribution < 1.29 is 9.84 Å². The zero-order valence-electron chi connectivity index (χ0n) is 15.2. The summed E-state index contributed by atoms with van der Waals surface area (Å²) in [7, 11) is 0. The van der Waals surface area contributed by atoms with Gasteiger partial charge < -0.3 is 9.84 Å². The van der Waals surface area contributed by atoms with Crippen LogP contribution in [0.25, 0.3) is 0 Å². The van der Waals surface area contributed by atoms with Crippen LogP contribution in [0.15, 0.2) is 60.7 Å². The third kappa shape index (κ3) is 5.17. The average molecular weight is 338 g/mol. The Morgan fingerprint density at radius 2 is 1.52 bits per heavy atom. The zero-order valence-corrected chi connectivity index (χ0v) is 15.2. The number of hydrogen-bond acceptors (Lipinski definition) is 2. The molecule has 134 valence electrons. The van der Waals surface area contributed by atoms with Gasteiger partial charge in [0.25, 0.3) is 0 Å². The lowest BCUT2D eigenvalue weighted by Gasteiger charge is -2.29. The van der Waals surface area contributed by atoms with E-state index < -0.39 is 0 Å². The Kier molecular flexibility index (Phi) is 6.66. The number of hydrogen-bond donors (Lipinski definition) is 1. The van der Waals surface area contributed by atoms with Crippen LogP contribution < -0.4 is 0 Å². The van der Waals surface area contributed by atoms with Gasteiger partial charge in [0.1, 0.15) is 0 Å². The summed E-state index contributed by atoms with van der Waals surface area (Å²) >= 11 is 0. The predicted molar refractivity (Wildman–Crippen MR) is 102 cm³/mol. The zero-order chi connectivity index (χ0) is 17.5. The molecule has 0 radical (unpaired) electrons. The summed E-state index contributed by atoms with van der Waals surface area (Å²) in [5.41, 5.74) is 2.45. The van der Waals surface area contributed by atoms with Crippen molar-refractivity contribution in [2.45, 2.75) is 45.3 Å². The van der Waals surface area contributed by atoms with E-state index in [0.717, 1.165) is 19.4 Å². The van der Waals surface area contributed by atoms with Gasteiger partial charge in [-0.2, -0.15) is 0 Å². The second-order valence-corrected chi connectivity index (χ2v) is 7.49. The van der Waals surface area contributed by atoms with E-state index in [0.29, 0.717) is 24.4 Å². The van der Waals surface area contributed by atoms with Crippen LogP contribution in [0.4, 0.5) is 0 Å². The first-order chi connectivity index (χ1) is 12.2. The minimum atomic E-state index is -0.244. The van der Waals surface area contributed by atoms with Crippen molar-refractivity contribution in [1.82, 2.24) is 0 Å². The fourth-order valence-corrected chi connectivity index (χ4v) is 4.27. The highest BCUT2D eigenvalue weighted by molar-refractivity contribution is 5.16. The molecular weight excluding hydrogens is 308 g/mol. The lowest BCUT2D eigenvalue weighted by Crippen LogP contribution is -2.31. The lowest BCUT2D eigenvalue weighted by molar-refractivity contribution is 0.0293. The van der Waals surface area contributed by atoms with Gasteiger partial charge in [-0.3, -0.25) is 0 Å². The third-order valence-electron chi connectivity index (χ3n) is 5.63. The fourth-order valence-electron chi connectivity index (χ4n) is 4.27. The van der Waals surface area contributed by atoms with Crippen LogP contribution in [0.1, 0.15) is 37.3 Å². The maximum Gasteiger partial charge on any atom is 0.0717 e. The van der Waals surface area contributed by atoms with Gasteiger partial charge in [0.15, 0.2) is 0 Å². The molecule has 2 heteroatoms. The summed E-state index contributed by atoms with van der Waals surface area (Å²) in [5, 5.41) is 10.8. The molecule has 2 nitrogen and oxygen atoms in total. The molecule has 0 aliphatic heterocycles. The molecule has 1 aliphatic carbocycles. The van der Waals surface area contributed by atoms with Crippen LogP contribution in [0, 0.1) is 17.8 Å². The molecule has 0 aromatic heterocycles. The van der Waals surface area contributed by atoms with E-state index >= 15 is 0 Å². The molecule has 0 unspecified atom stereocenters. The Morgan fingerprint density at radius 1 is 0.920 bits per heavy atom. The van der Waals surface area contributed by atoms with Gasteiger partial charge in [-0.15, -0.1) is 0 Å². The van der Waals surface area contributed by atoms with E-state index in [-0.39, 0.29) is 6.10 Å². The number of aliphatic hydroxyl groups excluding tert-OH is 1. The number of benzene rings is 2. The Labute approximate surface area is 151 Å². The summed E-state index contributed by atoms with van der Waals surface area (Å²) in [5.74, 6) is 1.45. The van der Waals surface area contributed by atoms with Crippen molar-refractivity contribution in [3.8, 4) is 0 Å². The molecule has 2 aromatic carbocycles. The molecule has 1 saturated carbocycles. The van der Waals surface area contributed by atoms with Crippen LogP contribution in [0.5, 0.6) is 0 Å². The normalized spacial score (nSPS) is 22.6. The highest BCUT2D eigenvalue weighted by Gasteiger charge is 2.35. The summed E-state index contributed by atoms with van der Waals surface area (Å²) in [6, 6.07) is 20.7. The smallest absolute Gasteiger partial charge is 0.0717 e. The first kappa shape index (κ1) is 18.2. The minimum absolute atomic E-state index is 0.244. The molecule has 4 atom stereocenters. The molecule has 1 fully saturated rings. The minimum Gasteiger partial charge on any atom is -0.392 e. The van der Waals surface area contributed by atoms with E-state index in [2.05, 4.69) is 43.3 Å². The van der Waals surface area contributed by atoms with E-state index in [4.69, 9.17) is 4.74 Å². The topological polar surface area (TPSA) is 29.5 Å². The van der Waals surface area contributed by atoms with Crippen molar-refractivity contribution in [2.24, 2.45) is 17.8 Å². The number of aliphatic hydroxyl groups is 1. The molecule has 1 aliphatic rings. The van der Waals surface area contributed by atoms with Crippen LogP contribution in [-0.4, -0.2) is 17.8 Å².